The average Bonchev–Trinajstić information content (AvgIpc) is 3.55. The van der Waals surface area contributed by atoms with Gasteiger partial charge in [0.25, 0.3) is 0 Å². The average molecular weight is 723 g/mol. The number of aliphatic hydroxyl groups excluding tert-OH is 1. The molecule has 300 valence electrons. The zero-order chi connectivity index (χ0) is 37.4. The molecule has 51 heavy (non-hydrogen) atoms. The number of carbonyl (C=O) groups is 3. The summed E-state index contributed by atoms with van der Waals surface area (Å²) in [7, 11) is 0. The SMILES string of the molecule is CCCCCCC(CCCC)COC(=O)CCCCCN(CCCCCCOC(=O)C(CCCC)CCCCCC)C(=O)CCN1CCC(O)C1. The van der Waals surface area contributed by atoms with Crippen LogP contribution in [0.1, 0.15) is 195 Å². The van der Waals surface area contributed by atoms with Crippen LogP contribution < -0.4 is 0 Å². The van der Waals surface area contributed by atoms with Gasteiger partial charge in [-0.05, 0) is 70.1 Å². The van der Waals surface area contributed by atoms with E-state index in [-0.39, 0.29) is 29.9 Å². The van der Waals surface area contributed by atoms with E-state index in [9.17, 15) is 19.5 Å². The molecule has 0 saturated carbocycles. The highest BCUT2D eigenvalue weighted by molar-refractivity contribution is 5.76. The van der Waals surface area contributed by atoms with Gasteiger partial charge in [0.1, 0.15) is 0 Å². The molecule has 0 bridgehead atoms. The van der Waals surface area contributed by atoms with E-state index in [0.29, 0.717) is 51.6 Å². The number of hydrogen-bond acceptors (Lipinski definition) is 7. The number of amides is 1. The molecule has 8 heteroatoms. The number of carbonyl (C=O) groups excluding carboxylic acids is 3. The Balaban J connectivity index is 2.42. The lowest BCUT2D eigenvalue weighted by atomic mass is 9.95. The molecule has 0 aromatic heterocycles. The third kappa shape index (κ3) is 25.9. The van der Waals surface area contributed by atoms with Gasteiger partial charge in [0.05, 0.1) is 25.2 Å². The van der Waals surface area contributed by atoms with Crippen molar-refractivity contribution in [1.82, 2.24) is 9.80 Å². The van der Waals surface area contributed by atoms with Crippen molar-refractivity contribution >= 4 is 17.8 Å². The molecule has 0 aromatic rings. The summed E-state index contributed by atoms with van der Waals surface area (Å²) in [6.45, 7) is 13.5. The molecular weight excluding hydrogens is 640 g/mol. The third-order valence-corrected chi connectivity index (χ3v) is 10.7. The van der Waals surface area contributed by atoms with Crippen molar-refractivity contribution in [1.29, 1.82) is 0 Å². The number of likely N-dealkylation sites (tertiary alicyclic amines) is 1. The minimum atomic E-state index is -0.275. The Morgan fingerprint density at radius 3 is 1.88 bits per heavy atom. The van der Waals surface area contributed by atoms with E-state index in [0.717, 1.165) is 109 Å². The van der Waals surface area contributed by atoms with E-state index in [1.54, 1.807) is 0 Å². The van der Waals surface area contributed by atoms with Crippen LogP contribution in [0.15, 0.2) is 0 Å². The molecule has 1 aliphatic heterocycles. The molecule has 1 rings (SSSR count). The van der Waals surface area contributed by atoms with Gasteiger partial charge >= 0.3 is 11.9 Å². The van der Waals surface area contributed by atoms with E-state index in [2.05, 4.69) is 32.6 Å². The van der Waals surface area contributed by atoms with Crippen LogP contribution >= 0.6 is 0 Å². The van der Waals surface area contributed by atoms with Crippen molar-refractivity contribution in [2.24, 2.45) is 11.8 Å². The monoisotopic (exact) mass is 723 g/mol. The van der Waals surface area contributed by atoms with Crippen LogP contribution in [-0.4, -0.2) is 84.8 Å². The fraction of sp³-hybridized carbons (Fsp3) is 0.930. The van der Waals surface area contributed by atoms with Crippen molar-refractivity contribution in [3.63, 3.8) is 0 Å². The van der Waals surface area contributed by atoms with Gasteiger partial charge < -0.3 is 24.4 Å². The lowest BCUT2D eigenvalue weighted by Crippen LogP contribution is -2.35. The standard InChI is InChI=1S/C43H82N2O6/c1-5-9-13-18-25-38(24-11-7-3)37-51-42(48)28-20-17-22-32-45(41(47)30-34-44-33-29-40(46)36-44)31-21-15-16-23-35-50-43(49)39(26-12-8-4)27-19-14-10-6-2/h38-40,46H,5-37H2,1-4H3. The normalized spacial score (nSPS) is 15.9. The molecule has 1 saturated heterocycles. The smallest absolute Gasteiger partial charge is 0.308 e. The number of hydrogen-bond donors (Lipinski definition) is 1. The number of rotatable bonds is 35. The number of ether oxygens (including phenoxy) is 2. The largest absolute Gasteiger partial charge is 0.465 e. The maximum Gasteiger partial charge on any atom is 0.308 e. The highest BCUT2D eigenvalue weighted by atomic mass is 16.5. The topological polar surface area (TPSA) is 96.4 Å². The van der Waals surface area contributed by atoms with E-state index >= 15 is 0 Å². The zero-order valence-electron chi connectivity index (χ0n) is 33.9. The minimum absolute atomic E-state index is 0.00974. The third-order valence-electron chi connectivity index (χ3n) is 10.7. The second kappa shape index (κ2) is 32.9. The molecule has 8 nitrogen and oxygen atoms in total. The molecule has 0 aliphatic carbocycles. The van der Waals surface area contributed by atoms with Gasteiger partial charge in [-0.15, -0.1) is 0 Å². The summed E-state index contributed by atoms with van der Waals surface area (Å²) in [6.07, 6.45) is 26.3. The number of nitrogens with zero attached hydrogens (tertiary/aromatic N) is 2. The molecular formula is C43H82N2O6. The second-order valence-electron chi connectivity index (χ2n) is 15.5. The van der Waals surface area contributed by atoms with Crippen LogP contribution in [0.25, 0.3) is 0 Å². The summed E-state index contributed by atoms with van der Waals surface area (Å²) >= 11 is 0. The van der Waals surface area contributed by atoms with Gasteiger partial charge in [-0.1, -0.05) is 118 Å². The maximum absolute atomic E-state index is 13.3. The highest BCUT2D eigenvalue weighted by Crippen LogP contribution is 2.20. The fourth-order valence-corrected chi connectivity index (χ4v) is 7.18. The summed E-state index contributed by atoms with van der Waals surface area (Å²) < 4.78 is 11.4. The number of β-amino-alcohol motifs (C(OH)–C–C–N with tert-alkyl or cyclic N) is 1. The fourth-order valence-electron chi connectivity index (χ4n) is 7.18. The van der Waals surface area contributed by atoms with Gasteiger partial charge in [0.15, 0.2) is 0 Å². The zero-order valence-corrected chi connectivity index (χ0v) is 33.9. The number of esters is 2. The lowest BCUT2D eigenvalue weighted by Gasteiger charge is -2.24. The van der Waals surface area contributed by atoms with Gasteiger partial charge in [-0.25, -0.2) is 0 Å². The first-order chi connectivity index (χ1) is 24.8. The first-order valence-electron chi connectivity index (χ1n) is 21.8. The highest BCUT2D eigenvalue weighted by Gasteiger charge is 2.22. The lowest BCUT2D eigenvalue weighted by molar-refractivity contribution is -0.149. The molecule has 1 heterocycles. The Labute approximate surface area is 314 Å². The second-order valence-corrected chi connectivity index (χ2v) is 15.5. The molecule has 0 aromatic carbocycles. The Morgan fingerprint density at radius 1 is 0.667 bits per heavy atom. The van der Waals surface area contributed by atoms with Crippen molar-refractivity contribution < 1.29 is 29.0 Å². The molecule has 0 spiro atoms. The Morgan fingerprint density at radius 2 is 1.24 bits per heavy atom. The number of unbranched alkanes of at least 4 members (excludes halogenated alkanes) is 13. The van der Waals surface area contributed by atoms with E-state index in [1.165, 1.54) is 57.8 Å². The molecule has 3 unspecified atom stereocenters. The Bertz CT molecular complexity index is 854. The van der Waals surface area contributed by atoms with Crippen LogP contribution in [-0.2, 0) is 23.9 Å². The Kier molecular flexibility index (Phi) is 30.6. The van der Waals surface area contributed by atoms with Crippen LogP contribution in [0.2, 0.25) is 0 Å². The Hall–Kier alpha value is -1.67. The summed E-state index contributed by atoms with van der Waals surface area (Å²) in [4.78, 5) is 42.8. The van der Waals surface area contributed by atoms with E-state index in [1.807, 2.05) is 4.90 Å². The predicted molar refractivity (Wildman–Crippen MR) is 211 cm³/mol. The summed E-state index contributed by atoms with van der Waals surface area (Å²) in [5, 5.41) is 9.88. The number of aliphatic hydroxyl groups is 1. The van der Waals surface area contributed by atoms with Crippen LogP contribution in [0.5, 0.6) is 0 Å². The molecule has 3 atom stereocenters. The molecule has 1 aliphatic rings. The van der Waals surface area contributed by atoms with Gasteiger partial charge in [0, 0.05) is 45.6 Å². The molecule has 1 N–H and O–H groups in total. The van der Waals surface area contributed by atoms with Gasteiger partial charge in [-0.3, -0.25) is 14.4 Å². The first-order valence-corrected chi connectivity index (χ1v) is 21.8. The van der Waals surface area contributed by atoms with Crippen LogP contribution in [0.3, 0.4) is 0 Å². The van der Waals surface area contributed by atoms with Crippen LogP contribution in [0, 0.1) is 11.8 Å². The first kappa shape index (κ1) is 47.4. The maximum atomic E-state index is 13.3. The summed E-state index contributed by atoms with van der Waals surface area (Å²) in [5.41, 5.74) is 0. The molecule has 0 radical (unpaired) electrons. The quantitative estimate of drug-likeness (QED) is 0.0514. The summed E-state index contributed by atoms with van der Waals surface area (Å²) in [6, 6.07) is 0. The minimum Gasteiger partial charge on any atom is -0.465 e. The van der Waals surface area contributed by atoms with Gasteiger partial charge in [0.2, 0.25) is 5.91 Å². The van der Waals surface area contributed by atoms with E-state index in [4.69, 9.17) is 9.47 Å². The molecule has 1 fully saturated rings. The van der Waals surface area contributed by atoms with Gasteiger partial charge in [-0.2, -0.15) is 0 Å². The summed E-state index contributed by atoms with van der Waals surface area (Å²) in [5.74, 6) is 0.615. The predicted octanol–water partition coefficient (Wildman–Crippen LogP) is 10.0. The van der Waals surface area contributed by atoms with E-state index < -0.39 is 0 Å². The van der Waals surface area contributed by atoms with Crippen molar-refractivity contribution in [2.45, 2.75) is 201 Å². The molecule has 1 amide bonds. The van der Waals surface area contributed by atoms with Crippen LogP contribution in [0.4, 0.5) is 0 Å². The van der Waals surface area contributed by atoms with Crippen molar-refractivity contribution in [3.8, 4) is 0 Å². The van der Waals surface area contributed by atoms with Crippen molar-refractivity contribution in [3.05, 3.63) is 0 Å². The van der Waals surface area contributed by atoms with Crippen molar-refractivity contribution in [2.75, 3.05) is 45.9 Å².